The van der Waals surface area contributed by atoms with Crippen molar-refractivity contribution in [3.05, 3.63) is 24.6 Å². The second-order valence-corrected chi connectivity index (χ2v) is 18.5. The van der Waals surface area contributed by atoms with E-state index in [1.165, 1.54) is 205 Å². The van der Waals surface area contributed by atoms with E-state index in [0.29, 0.717) is 18.9 Å². The molecular formula is C54H106N2O3. The number of rotatable bonds is 49. The van der Waals surface area contributed by atoms with Crippen molar-refractivity contribution < 1.29 is 14.6 Å². The predicted octanol–water partition coefficient (Wildman–Crippen LogP) is 16.6. The SMILES string of the molecule is C=C(CCCCCCCN(/C=C\CCCCCCC(=O)OCC(CCCCCC)CCCCCCCC)CCCCO)NCC(CCCCCC)CCCCCCCC. The lowest BCUT2D eigenvalue weighted by Crippen LogP contribution is -2.22. The number of unbranched alkanes of at least 4 members (excludes halogenated alkanes) is 25. The van der Waals surface area contributed by atoms with Gasteiger partial charge in [0.25, 0.3) is 0 Å². The molecule has 5 heteroatoms. The van der Waals surface area contributed by atoms with Gasteiger partial charge in [-0.2, -0.15) is 0 Å². The fourth-order valence-corrected chi connectivity index (χ4v) is 8.45. The van der Waals surface area contributed by atoms with Crippen molar-refractivity contribution in [1.82, 2.24) is 10.2 Å². The molecule has 0 saturated carbocycles. The van der Waals surface area contributed by atoms with Crippen LogP contribution in [0, 0.1) is 11.8 Å². The summed E-state index contributed by atoms with van der Waals surface area (Å²) in [5.74, 6) is 1.36. The van der Waals surface area contributed by atoms with E-state index in [9.17, 15) is 9.90 Å². The van der Waals surface area contributed by atoms with E-state index in [-0.39, 0.29) is 12.6 Å². The maximum Gasteiger partial charge on any atom is 0.305 e. The third kappa shape index (κ3) is 43.0. The highest BCUT2D eigenvalue weighted by Gasteiger charge is 2.13. The maximum atomic E-state index is 12.6. The minimum atomic E-state index is 0.0122. The summed E-state index contributed by atoms with van der Waals surface area (Å²) in [5, 5.41) is 13.1. The summed E-state index contributed by atoms with van der Waals surface area (Å²) in [4.78, 5) is 15.0. The van der Waals surface area contributed by atoms with E-state index in [0.717, 1.165) is 64.1 Å². The summed E-state index contributed by atoms with van der Waals surface area (Å²) in [5.41, 5.74) is 1.25. The van der Waals surface area contributed by atoms with Gasteiger partial charge in [0, 0.05) is 38.4 Å². The number of hydrogen-bond acceptors (Lipinski definition) is 5. The molecule has 0 heterocycles. The molecule has 0 radical (unpaired) electrons. The van der Waals surface area contributed by atoms with E-state index < -0.39 is 0 Å². The van der Waals surface area contributed by atoms with Gasteiger partial charge in [-0.25, -0.2) is 0 Å². The summed E-state index contributed by atoms with van der Waals surface area (Å²) in [6.45, 7) is 17.7. The Morgan fingerprint density at radius 1 is 0.542 bits per heavy atom. The Morgan fingerprint density at radius 2 is 0.966 bits per heavy atom. The average Bonchev–Trinajstić information content (AvgIpc) is 3.24. The Hall–Kier alpha value is -1.49. The van der Waals surface area contributed by atoms with Gasteiger partial charge in [-0.1, -0.05) is 201 Å². The van der Waals surface area contributed by atoms with Crippen LogP contribution in [0.25, 0.3) is 0 Å². The fraction of sp³-hybridized carbons (Fsp3) is 0.907. The molecule has 350 valence electrons. The topological polar surface area (TPSA) is 61.8 Å². The number of carbonyl (C=O) groups excluding carboxylic acids is 1. The second kappa shape index (κ2) is 47.6. The minimum absolute atomic E-state index is 0.0122. The van der Waals surface area contributed by atoms with E-state index in [1.807, 2.05) is 0 Å². The lowest BCUT2D eigenvalue weighted by atomic mass is 9.94. The Labute approximate surface area is 370 Å². The molecule has 0 bridgehead atoms. The number of hydrogen-bond donors (Lipinski definition) is 2. The van der Waals surface area contributed by atoms with E-state index >= 15 is 0 Å². The summed E-state index contributed by atoms with van der Waals surface area (Å²) in [6.07, 6.45) is 52.2. The van der Waals surface area contributed by atoms with Crippen LogP contribution in [0.4, 0.5) is 0 Å². The first kappa shape index (κ1) is 57.5. The highest BCUT2D eigenvalue weighted by Crippen LogP contribution is 2.21. The number of aliphatic hydroxyl groups is 1. The largest absolute Gasteiger partial charge is 0.465 e. The molecule has 0 aromatic rings. The number of ether oxygens (including phenoxy) is 1. The van der Waals surface area contributed by atoms with Crippen molar-refractivity contribution in [3.8, 4) is 0 Å². The number of carbonyl (C=O) groups is 1. The lowest BCUT2D eigenvalue weighted by Gasteiger charge is -2.20. The molecule has 0 rings (SSSR count). The van der Waals surface area contributed by atoms with Gasteiger partial charge < -0.3 is 20.1 Å². The number of nitrogens with one attached hydrogen (secondary N) is 1. The predicted molar refractivity (Wildman–Crippen MR) is 261 cm³/mol. The van der Waals surface area contributed by atoms with Crippen LogP contribution in [0.5, 0.6) is 0 Å². The standard InChI is InChI=1S/C54H106N2O3/c1-6-10-14-18-24-32-41-52(40-30-16-12-8-3)49-55-51(5)39-29-23-22-28-36-46-56(47-37-38-48-57)45-35-27-21-20-26-34-44-54(58)59-50-53(42-31-17-13-9-4)43-33-25-19-15-11-7-2/h35,45,52-53,55,57H,5-34,36-44,46-50H2,1-4H3/b45-35-. The maximum absolute atomic E-state index is 12.6. The average molecular weight is 831 g/mol. The van der Waals surface area contributed by atoms with Crippen molar-refractivity contribution >= 4 is 5.97 Å². The summed E-state index contributed by atoms with van der Waals surface area (Å²) < 4.78 is 5.81. The van der Waals surface area contributed by atoms with Crippen molar-refractivity contribution in [2.75, 3.05) is 32.8 Å². The fourth-order valence-electron chi connectivity index (χ4n) is 8.45. The number of nitrogens with zero attached hydrogens (tertiary/aromatic N) is 1. The Morgan fingerprint density at radius 3 is 1.51 bits per heavy atom. The summed E-state index contributed by atoms with van der Waals surface area (Å²) in [6, 6.07) is 0. The molecule has 0 saturated heterocycles. The van der Waals surface area contributed by atoms with E-state index in [2.05, 4.69) is 56.8 Å². The van der Waals surface area contributed by atoms with E-state index in [1.54, 1.807) is 0 Å². The van der Waals surface area contributed by atoms with Crippen LogP contribution in [-0.4, -0.2) is 48.8 Å². The van der Waals surface area contributed by atoms with Gasteiger partial charge in [0.05, 0.1) is 6.61 Å². The normalized spacial score (nSPS) is 12.6. The summed E-state index contributed by atoms with van der Waals surface area (Å²) >= 11 is 0. The highest BCUT2D eigenvalue weighted by atomic mass is 16.5. The van der Waals surface area contributed by atoms with Crippen molar-refractivity contribution in [1.29, 1.82) is 0 Å². The van der Waals surface area contributed by atoms with Gasteiger partial charge in [-0.3, -0.25) is 4.79 Å². The molecule has 0 aliphatic carbocycles. The van der Waals surface area contributed by atoms with Crippen LogP contribution in [0.1, 0.15) is 272 Å². The monoisotopic (exact) mass is 831 g/mol. The molecule has 0 aliphatic heterocycles. The van der Waals surface area contributed by atoms with Crippen LogP contribution in [-0.2, 0) is 9.53 Å². The second-order valence-electron chi connectivity index (χ2n) is 18.5. The van der Waals surface area contributed by atoms with Gasteiger partial charge >= 0.3 is 5.97 Å². The smallest absolute Gasteiger partial charge is 0.305 e. The van der Waals surface area contributed by atoms with Gasteiger partial charge in [-0.15, -0.1) is 0 Å². The lowest BCUT2D eigenvalue weighted by molar-refractivity contribution is -0.145. The molecular weight excluding hydrogens is 725 g/mol. The highest BCUT2D eigenvalue weighted by molar-refractivity contribution is 5.69. The zero-order valence-corrected chi connectivity index (χ0v) is 40.6. The van der Waals surface area contributed by atoms with Gasteiger partial charge in [-0.05, 0) is 95.1 Å². The molecule has 2 unspecified atom stereocenters. The van der Waals surface area contributed by atoms with Gasteiger partial charge in [0.1, 0.15) is 0 Å². The Balaban J connectivity index is 4.26. The third-order valence-electron chi connectivity index (χ3n) is 12.6. The molecule has 0 aromatic carbocycles. The molecule has 0 aliphatic rings. The van der Waals surface area contributed by atoms with Crippen molar-refractivity contribution in [2.24, 2.45) is 11.8 Å². The minimum Gasteiger partial charge on any atom is -0.465 e. The first-order valence-electron chi connectivity index (χ1n) is 26.6. The Kier molecular flexibility index (Phi) is 46.4. The third-order valence-corrected chi connectivity index (χ3v) is 12.6. The Bertz CT molecular complexity index is 891. The first-order chi connectivity index (χ1) is 29.0. The van der Waals surface area contributed by atoms with Crippen LogP contribution < -0.4 is 5.32 Å². The van der Waals surface area contributed by atoms with Gasteiger partial charge in [0.15, 0.2) is 0 Å². The zero-order chi connectivity index (χ0) is 43.1. The molecule has 0 fully saturated rings. The number of esters is 1. The molecule has 0 aromatic heterocycles. The molecule has 0 amide bonds. The molecule has 0 spiro atoms. The van der Waals surface area contributed by atoms with Crippen LogP contribution in [0.2, 0.25) is 0 Å². The molecule has 2 atom stereocenters. The first-order valence-corrected chi connectivity index (χ1v) is 26.6. The van der Waals surface area contributed by atoms with Crippen molar-refractivity contribution in [3.63, 3.8) is 0 Å². The number of aliphatic hydroxyl groups excluding tert-OH is 1. The van der Waals surface area contributed by atoms with Crippen molar-refractivity contribution in [2.45, 2.75) is 272 Å². The molecule has 5 nitrogen and oxygen atoms in total. The molecule has 2 N–H and O–H groups in total. The van der Waals surface area contributed by atoms with Crippen LogP contribution in [0.3, 0.4) is 0 Å². The van der Waals surface area contributed by atoms with E-state index in [4.69, 9.17) is 4.74 Å². The summed E-state index contributed by atoms with van der Waals surface area (Å²) in [7, 11) is 0. The van der Waals surface area contributed by atoms with Gasteiger partial charge in [0.2, 0.25) is 0 Å². The quantitative estimate of drug-likeness (QED) is 0.0472. The van der Waals surface area contributed by atoms with Crippen LogP contribution >= 0.6 is 0 Å². The zero-order valence-electron chi connectivity index (χ0n) is 40.6. The molecule has 59 heavy (non-hydrogen) atoms. The van der Waals surface area contributed by atoms with Crippen LogP contribution in [0.15, 0.2) is 24.6 Å². The number of allylic oxidation sites excluding steroid dienone is 2.